The molecular weight excluding hydrogens is 244 g/mol. The van der Waals surface area contributed by atoms with Crippen LogP contribution in [-0.2, 0) is 9.59 Å². The van der Waals surface area contributed by atoms with E-state index in [2.05, 4.69) is 10.6 Å². The largest absolute Gasteiger partial charge is 0.480 e. The van der Waals surface area contributed by atoms with Gasteiger partial charge in [-0.05, 0) is 13.3 Å². The van der Waals surface area contributed by atoms with Gasteiger partial charge < -0.3 is 15.7 Å². The lowest BCUT2D eigenvalue weighted by molar-refractivity contribution is -0.147. The molecule has 0 aromatic rings. The molecule has 2 unspecified atom stereocenters. The number of aliphatic carboxylic acids is 1. The molecule has 1 rings (SSSR count). The minimum absolute atomic E-state index is 0.252. The van der Waals surface area contributed by atoms with Gasteiger partial charge in [-0.25, -0.2) is 4.79 Å². The molecule has 3 N–H and O–H groups in total. The number of carbonyl (C=O) groups is 3. The van der Waals surface area contributed by atoms with Gasteiger partial charge in [0.15, 0.2) is 0 Å². The lowest BCUT2D eigenvalue weighted by atomic mass is 9.96. The van der Waals surface area contributed by atoms with Crippen molar-refractivity contribution in [2.75, 3.05) is 5.75 Å². The van der Waals surface area contributed by atoms with Crippen molar-refractivity contribution in [3.05, 3.63) is 0 Å². The Morgan fingerprint density at radius 1 is 1.65 bits per heavy atom. The average molecular weight is 260 g/mol. The summed E-state index contributed by atoms with van der Waals surface area (Å²) >= 11 is 1.02. The Kier molecular flexibility index (Phi) is 4.39. The Morgan fingerprint density at radius 3 is 2.71 bits per heavy atom. The highest BCUT2D eigenvalue weighted by atomic mass is 32.2. The number of carboxylic acid groups (broad SMARTS) is 1. The molecule has 1 fully saturated rings. The average Bonchev–Trinajstić information content (AvgIpc) is 2.65. The Morgan fingerprint density at radius 2 is 2.29 bits per heavy atom. The molecule has 1 saturated heterocycles. The quantitative estimate of drug-likeness (QED) is 0.671. The first-order valence-electron chi connectivity index (χ1n) is 5.38. The Labute approximate surface area is 104 Å². The third kappa shape index (κ3) is 3.36. The molecule has 6 nitrogen and oxygen atoms in total. The van der Waals surface area contributed by atoms with Gasteiger partial charge in [-0.2, -0.15) is 0 Å². The SMILES string of the molecule is CCCC(C)(NC(=O)C1CSC(=O)N1)C(=O)O. The van der Waals surface area contributed by atoms with E-state index in [1.54, 1.807) is 0 Å². The summed E-state index contributed by atoms with van der Waals surface area (Å²) in [7, 11) is 0. The second kappa shape index (κ2) is 5.39. The fourth-order valence-corrected chi connectivity index (χ4v) is 2.39. The van der Waals surface area contributed by atoms with Gasteiger partial charge in [0.1, 0.15) is 11.6 Å². The molecule has 0 spiro atoms. The van der Waals surface area contributed by atoms with E-state index in [1.165, 1.54) is 6.92 Å². The molecule has 2 amide bonds. The molecule has 17 heavy (non-hydrogen) atoms. The number of thioether (sulfide) groups is 1. The fraction of sp³-hybridized carbons (Fsp3) is 0.700. The van der Waals surface area contributed by atoms with Gasteiger partial charge in [0.2, 0.25) is 5.91 Å². The zero-order chi connectivity index (χ0) is 13.1. The molecule has 96 valence electrons. The Bertz CT molecular complexity index is 347. The van der Waals surface area contributed by atoms with Crippen LogP contribution in [0.5, 0.6) is 0 Å². The normalized spacial score (nSPS) is 22.7. The van der Waals surface area contributed by atoms with Crippen LogP contribution in [-0.4, -0.2) is 39.6 Å². The van der Waals surface area contributed by atoms with Gasteiger partial charge >= 0.3 is 5.97 Å². The van der Waals surface area contributed by atoms with Crippen molar-refractivity contribution < 1.29 is 19.5 Å². The molecule has 1 aliphatic heterocycles. The minimum atomic E-state index is -1.27. The third-order valence-corrected chi connectivity index (χ3v) is 3.49. The molecule has 0 radical (unpaired) electrons. The van der Waals surface area contributed by atoms with E-state index < -0.39 is 23.5 Å². The standard InChI is InChI=1S/C10H16N2O4S/c1-3-4-10(2,8(14)15)12-7(13)6-5-17-9(16)11-6/h6H,3-5H2,1-2H3,(H,11,16)(H,12,13)(H,14,15). The van der Waals surface area contributed by atoms with Gasteiger partial charge in [0, 0.05) is 5.75 Å². The van der Waals surface area contributed by atoms with Crippen molar-refractivity contribution in [3.8, 4) is 0 Å². The van der Waals surface area contributed by atoms with E-state index >= 15 is 0 Å². The molecule has 0 aliphatic carbocycles. The lowest BCUT2D eigenvalue weighted by Gasteiger charge is -2.27. The van der Waals surface area contributed by atoms with Gasteiger partial charge in [0.05, 0.1) is 0 Å². The number of rotatable bonds is 5. The topological polar surface area (TPSA) is 95.5 Å². The van der Waals surface area contributed by atoms with Crippen molar-refractivity contribution in [3.63, 3.8) is 0 Å². The van der Waals surface area contributed by atoms with E-state index in [4.69, 9.17) is 5.11 Å². The zero-order valence-corrected chi connectivity index (χ0v) is 10.6. The van der Waals surface area contributed by atoms with Crippen LogP contribution in [0.15, 0.2) is 0 Å². The van der Waals surface area contributed by atoms with E-state index in [-0.39, 0.29) is 5.24 Å². The number of hydrogen-bond acceptors (Lipinski definition) is 4. The summed E-state index contributed by atoms with van der Waals surface area (Å²) < 4.78 is 0. The number of hydrogen-bond donors (Lipinski definition) is 3. The predicted molar refractivity (Wildman–Crippen MR) is 63.9 cm³/mol. The summed E-state index contributed by atoms with van der Waals surface area (Å²) in [5, 5.41) is 13.8. The van der Waals surface area contributed by atoms with Crippen molar-refractivity contribution in [1.29, 1.82) is 0 Å². The van der Waals surface area contributed by atoms with Crippen LogP contribution in [0.3, 0.4) is 0 Å². The predicted octanol–water partition coefficient (Wildman–Crippen LogP) is 0.571. The van der Waals surface area contributed by atoms with Crippen LogP contribution in [0, 0.1) is 0 Å². The molecule has 0 saturated carbocycles. The molecule has 1 heterocycles. The number of carboxylic acids is 1. The van der Waals surface area contributed by atoms with Crippen LogP contribution in [0.25, 0.3) is 0 Å². The fourth-order valence-electron chi connectivity index (χ4n) is 1.61. The van der Waals surface area contributed by atoms with Crippen molar-refractivity contribution in [2.45, 2.75) is 38.3 Å². The van der Waals surface area contributed by atoms with Crippen LogP contribution in [0.2, 0.25) is 0 Å². The van der Waals surface area contributed by atoms with Gasteiger partial charge in [-0.15, -0.1) is 0 Å². The Balaban J connectivity index is 2.64. The van der Waals surface area contributed by atoms with Gasteiger partial charge in [0.25, 0.3) is 5.24 Å². The van der Waals surface area contributed by atoms with Crippen molar-refractivity contribution >= 4 is 28.9 Å². The highest BCUT2D eigenvalue weighted by molar-refractivity contribution is 8.14. The maximum Gasteiger partial charge on any atom is 0.329 e. The second-order valence-electron chi connectivity index (χ2n) is 4.17. The van der Waals surface area contributed by atoms with E-state index in [0.29, 0.717) is 18.6 Å². The smallest absolute Gasteiger partial charge is 0.329 e. The van der Waals surface area contributed by atoms with Crippen LogP contribution in [0.4, 0.5) is 4.79 Å². The first-order valence-corrected chi connectivity index (χ1v) is 6.36. The van der Waals surface area contributed by atoms with Crippen LogP contribution < -0.4 is 10.6 Å². The summed E-state index contributed by atoms with van der Waals surface area (Å²) in [6.45, 7) is 3.32. The van der Waals surface area contributed by atoms with Crippen LogP contribution >= 0.6 is 11.8 Å². The summed E-state index contributed by atoms with van der Waals surface area (Å²) in [5.41, 5.74) is -1.27. The molecule has 2 atom stereocenters. The highest BCUT2D eigenvalue weighted by Crippen LogP contribution is 2.16. The van der Waals surface area contributed by atoms with Gasteiger partial charge in [-0.3, -0.25) is 9.59 Å². The molecular formula is C10H16N2O4S. The molecule has 1 aliphatic rings. The van der Waals surface area contributed by atoms with E-state index in [0.717, 1.165) is 11.8 Å². The summed E-state index contributed by atoms with van der Waals surface area (Å²) in [5.74, 6) is -1.17. The maximum absolute atomic E-state index is 11.8. The second-order valence-corrected chi connectivity index (χ2v) is 5.16. The summed E-state index contributed by atoms with van der Waals surface area (Å²) in [4.78, 5) is 33.8. The lowest BCUT2D eigenvalue weighted by Crippen LogP contribution is -2.56. The summed E-state index contributed by atoms with van der Waals surface area (Å²) in [6.07, 6.45) is 0.997. The number of nitrogens with one attached hydrogen (secondary N) is 2. The molecule has 0 bridgehead atoms. The van der Waals surface area contributed by atoms with Crippen molar-refractivity contribution in [2.24, 2.45) is 0 Å². The first-order chi connectivity index (χ1) is 7.89. The van der Waals surface area contributed by atoms with Crippen LogP contribution in [0.1, 0.15) is 26.7 Å². The Hall–Kier alpha value is -1.24. The zero-order valence-electron chi connectivity index (χ0n) is 9.78. The van der Waals surface area contributed by atoms with E-state index in [1.807, 2.05) is 6.92 Å². The molecule has 7 heteroatoms. The monoisotopic (exact) mass is 260 g/mol. The molecule has 0 aromatic carbocycles. The number of amides is 2. The van der Waals surface area contributed by atoms with Gasteiger partial charge in [-0.1, -0.05) is 25.1 Å². The molecule has 0 aromatic heterocycles. The maximum atomic E-state index is 11.8. The summed E-state index contributed by atoms with van der Waals surface area (Å²) in [6, 6.07) is -0.636. The third-order valence-electron chi connectivity index (χ3n) is 2.61. The highest BCUT2D eigenvalue weighted by Gasteiger charge is 2.37. The van der Waals surface area contributed by atoms with Crippen molar-refractivity contribution in [1.82, 2.24) is 10.6 Å². The van der Waals surface area contributed by atoms with E-state index in [9.17, 15) is 14.4 Å². The minimum Gasteiger partial charge on any atom is -0.480 e. The number of carbonyl (C=O) groups excluding carboxylic acids is 2. The first kappa shape index (κ1) is 13.8.